The highest BCUT2D eigenvalue weighted by Gasteiger charge is 2.21. The van der Waals surface area contributed by atoms with Crippen molar-refractivity contribution in [1.82, 2.24) is 15.1 Å². The fourth-order valence-corrected chi connectivity index (χ4v) is 3.36. The lowest BCUT2D eigenvalue weighted by Gasteiger charge is -2.35. The molecule has 0 spiro atoms. The van der Waals surface area contributed by atoms with E-state index in [0.29, 0.717) is 18.2 Å². The Labute approximate surface area is 146 Å². The SMILES string of the molecule is CC1CN(CCCN=C(N)NCCCN2CCOCC2)CC(C)O1. The number of nitrogens with zero attached hydrogens (tertiary/aromatic N) is 3. The van der Waals surface area contributed by atoms with Crippen molar-refractivity contribution in [3.63, 3.8) is 0 Å². The second kappa shape index (κ2) is 10.9. The summed E-state index contributed by atoms with van der Waals surface area (Å²) in [4.78, 5) is 9.31. The van der Waals surface area contributed by atoms with E-state index in [0.717, 1.165) is 78.4 Å². The van der Waals surface area contributed by atoms with Gasteiger partial charge in [0.05, 0.1) is 25.4 Å². The van der Waals surface area contributed by atoms with Crippen LogP contribution in [0.2, 0.25) is 0 Å². The summed E-state index contributed by atoms with van der Waals surface area (Å²) >= 11 is 0. The zero-order valence-electron chi connectivity index (χ0n) is 15.4. The lowest BCUT2D eigenvalue weighted by atomic mass is 10.2. The van der Waals surface area contributed by atoms with Gasteiger partial charge in [-0.2, -0.15) is 0 Å². The minimum absolute atomic E-state index is 0.329. The predicted molar refractivity (Wildman–Crippen MR) is 97.4 cm³/mol. The Bertz CT molecular complexity index is 364. The van der Waals surface area contributed by atoms with Crippen LogP contribution >= 0.6 is 0 Å². The summed E-state index contributed by atoms with van der Waals surface area (Å²) in [5.41, 5.74) is 5.93. The van der Waals surface area contributed by atoms with Crippen molar-refractivity contribution in [2.75, 3.05) is 65.6 Å². The molecule has 0 aliphatic carbocycles. The largest absolute Gasteiger partial charge is 0.379 e. The fraction of sp³-hybridized carbons (Fsp3) is 0.941. The second-order valence-electron chi connectivity index (χ2n) is 6.87. The van der Waals surface area contributed by atoms with Crippen LogP contribution in [0.25, 0.3) is 0 Å². The molecular formula is C17H35N5O2. The molecule has 2 aliphatic rings. The predicted octanol–water partition coefficient (Wildman–Crippen LogP) is 0.112. The number of aliphatic imine (C=N–C) groups is 1. The van der Waals surface area contributed by atoms with E-state index < -0.39 is 0 Å². The first kappa shape index (κ1) is 19.4. The molecule has 0 aromatic rings. The van der Waals surface area contributed by atoms with E-state index >= 15 is 0 Å². The maximum atomic E-state index is 5.93. The van der Waals surface area contributed by atoms with E-state index in [1.165, 1.54) is 0 Å². The molecule has 0 amide bonds. The third kappa shape index (κ3) is 7.79. The van der Waals surface area contributed by atoms with Crippen LogP contribution < -0.4 is 11.1 Å². The molecule has 0 radical (unpaired) electrons. The minimum atomic E-state index is 0.329. The first-order valence-electron chi connectivity index (χ1n) is 9.35. The van der Waals surface area contributed by atoms with Crippen molar-refractivity contribution in [3.8, 4) is 0 Å². The monoisotopic (exact) mass is 341 g/mol. The molecule has 0 saturated carbocycles. The molecule has 3 N–H and O–H groups in total. The van der Waals surface area contributed by atoms with Gasteiger partial charge in [-0.05, 0) is 33.2 Å². The highest BCUT2D eigenvalue weighted by Crippen LogP contribution is 2.10. The van der Waals surface area contributed by atoms with Crippen LogP contribution in [0.3, 0.4) is 0 Å². The molecule has 24 heavy (non-hydrogen) atoms. The summed E-state index contributed by atoms with van der Waals surface area (Å²) in [6, 6.07) is 0. The summed E-state index contributed by atoms with van der Waals surface area (Å²) in [5, 5.41) is 3.21. The molecule has 2 aliphatic heterocycles. The van der Waals surface area contributed by atoms with Gasteiger partial charge in [-0.3, -0.25) is 14.8 Å². The topological polar surface area (TPSA) is 75.4 Å². The standard InChI is InChI=1S/C17H35N5O2/c1-15-13-22(14-16(2)24-15)8-4-6-20-17(18)19-5-3-7-21-9-11-23-12-10-21/h15-16H,3-14H2,1-2H3,(H3,18,19,20). The molecule has 2 atom stereocenters. The van der Waals surface area contributed by atoms with Gasteiger partial charge in [0.1, 0.15) is 0 Å². The maximum Gasteiger partial charge on any atom is 0.188 e. The Morgan fingerprint density at radius 1 is 1.08 bits per heavy atom. The number of nitrogens with one attached hydrogen (secondary N) is 1. The van der Waals surface area contributed by atoms with Gasteiger partial charge in [0.25, 0.3) is 0 Å². The summed E-state index contributed by atoms with van der Waals surface area (Å²) in [6.07, 6.45) is 2.78. The van der Waals surface area contributed by atoms with E-state index in [9.17, 15) is 0 Å². The van der Waals surface area contributed by atoms with Crippen LogP contribution in [0.15, 0.2) is 4.99 Å². The normalized spacial score (nSPS) is 27.3. The van der Waals surface area contributed by atoms with E-state index in [2.05, 4.69) is 34.0 Å². The van der Waals surface area contributed by atoms with E-state index in [1.54, 1.807) is 0 Å². The average molecular weight is 342 g/mol. The molecule has 2 rings (SSSR count). The van der Waals surface area contributed by atoms with Gasteiger partial charge in [-0.1, -0.05) is 0 Å². The van der Waals surface area contributed by atoms with Crippen molar-refractivity contribution in [2.45, 2.75) is 38.9 Å². The molecule has 2 heterocycles. The van der Waals surface area contributed by atoms with Gasteiger partial charge in [-0.15, -0.1) is 0 Å². The van der Waals surface area contributed by atoms with Gasteiger partial charge in [0, 0.05) is 45.8 Å². The van der Waals surface area contributed by atoms with E-state index in [1.807, 2.05) is 0 Å². The fourth-order valence-electron chi connectivity index (χ4n) is 3.36. The van der Waals surface area contributed by atoms with Crippen LogP contribution in [0.5, 0.6) is 0 Å². The van der Waals surface area contributed by atoms with Crippen LogP contribution in [0.1, 0.15) is 26.7 Å². The summed E-state index contributed by atoms with van der Waals surface area (Å²) in [7, 11) is 0. The van der Waals surface area contributed by atoms with E-state index in [4.69, 9.17) is 15.2 Å². The minimum Gasteiger partial charge on any atom is -0.379 e. The Kier molecular flexibility index (Phi) is 8.80. The third-order valence-electron chi connectivity index (χ3n) is 4.47. The third-order valence-corrected chi connectivity index (χ3v) is 4.47. The number of hydrogen-bond acceptors (Lipinski definition) is 5. The molecule has 2 unspecified atom stereocenters. The summed E-state index contributed by atoms with van der Waals surface area (Å²) in [6.45, 7) is 13.9. The molecule has 2 fully saturated rings. The smallest absolute Gasteiger partial charge is 0.188 e. The quantitative estimate of drug-likeness (QED) is 0.371. The molecule has 2 saturated heterocycles. The van der Waals surface area contributed by atoms with Crippen LogP contribution in [-0.4, -0.2) is 93.5 Å². The number of hydrogen-bond donors (Lipinski definition) is 2. The van der Waals surface area contributed by atoms with Gasteiger partial charge >= 0.3 is 0 Å². The number of ether oxygens (including phenoxy) is 2. The second-order valence-corrected chi connectivity index (χ2v) is 6.87. The number of morpholine rings is 2. The number of guanidine groups is 1. The van der Waals surface area contributed by atoms with E-state index in [-0.39, 0.29) is 0 Å². The van der Waals surface area contributed by atoms with Crippen LogP contribution in [0, 0.1) is 0 Å². The Morgan fingerprint density at radius 3 is 2.46 bits per heavy atom. The molecule has 0 aromatic carbocycles. The number of rotatable bonds is 8. The Balaban J connectivity index is 1.49. The molecule has 140 valence electrons. The highest BCUT2D eigenvalue weighted by molar-refractivity contribution is 5.77. The average Bonchev–Trinajstić information content (AvgIpc) is 2.56. The van der Waals surface area contributed by atoms with Crippen LogP contribution in [0.4, 0.5) is 0 Å². The summed E-state index contributed by atoms with van der Waals surface area (Å²) < 4.78 is 11.1. The summed E-state index contributed by atoms with van der Waals surface area (Å²) in [5.74, 6) is 0.570. The Hall–Kier alpha value is -0.890. The van der Waals surface area contributed by atoms with Crippen molar-refractivity contribution in [3.05, 3.63) is 0 Å². The first-order valence-corrected chi connectivity index (χ1v) is 9.35. The zero-order chi connectivity index (χ0) is 17.2. The molecular weight excluding hydrogens is 306 g/mol. The highest BCUT2D eigenvalue weighted by atomic mass is 16.5. The lowest BCUT2D eigenvalue weighted by Crippen LogP contribution is -2.45. The van der Waals surface area contributed by atoms with Crippen molar-refractivity contribution in [1.29, 1.82) is 0 Å². The van der Waals surface area contributed by atoms with Crippen molar-refractivity contribution in [2.24, 2.45) is 10.7 Å². The zero-order valence-corrected chi connectivity index (χ0v) is 15.4. The van der Waals surface area contributed by atoms with Gasteiger partial charge < -0.3 is 20.5 Å². The lowest BCUT2D eigenvalue weighted by molar-refractivity contribution is -0.0679. The van der Waals surface area contributed by atoms with Gasteiger partial charge in [0.2, 0.25) is 0 Å². The Morgan fingerprint density at radius 2 is 1.75 bits per heavy atom. The molecule has 0 aromatic heterocycles. The maximum absolute atomic E-state index is 5.93. The van der Waals surface area contributed by atoms with Crippen molar-refractivity contribution < 1.29 is 9.47 Å². The molecule has 7 heteroatoms. The number of nitrogens with two attached hydrogens (primary N) is 1. The first-order chi connectivity index (χ1) is 11.6. The van der Waals surface area contributed by atoms with Crippen LogP contribution in [-0.2, 0) is 9.47 Å². The van der Waals surface area contributed by atoms with Gasteiger partial charge in [0.15, 0.2) is 5.96 Å². The molecule has 0 bridgehead atoms. The van der Waals surface area contributed by atoms with Gasteiger partial charge in [-0.25, -0.2) is 0 Å². The molecule has 7 nitrogen and oxygen atoms in total. The van der Waals surface area contributed by atoms with Crippen molar-refractivity contribution >= 4 is 5.96 Å².